The molecule has 1 amide bonds. The van der Waals surface area contributed by atoms with Crippen molar-refractivity contribution in [1.29, 1.82) is 0 Å². The van der Waals surface area contributed by atoms with E-state index in [0.29, 0.717) is 0 Å². The van der Waals surface area contributed by atoms with E-state index >= 15 is 0 Å². The normalized spacial score (nSPS) is 15.7. The van der Waals surface area contributed by atoms with Crippen molar-refractivity contribution < 1.29 is 27.9 Å². The minimum atomic E-state index is -4.66. The fourth-order valence-corrected chi connectivity index (χ4v) is 6.49. The van der Waals surface area contributed by atoms with Crippen molar-refractivity contribution in [2.24, 2.45) is 5.73 Å². The highest BCUT2D eigenvalue weighted by atomic mass is 32.2. The molecular weight excluding hydrogens is 555 g/mol. The fourth-order valence-electron chi connectivity index (χ4n) is 5.21. The van der Waals surface area contributed by atoms with E-state index in [1.807, 2.05) is 56.3 Å². The van der Waals surface area contributed by atoms with Crippen LogP contribution in [0.3, 0.4) is 0 Å². The molecule has 4 aromatic rings. The number of pyridine rings is 1. The number of alkyl halides is 3. The van der Waals surface area contributed by atoms with Crippen LogP contribution in [0.15, 0.2) is 76.6 Å². The van der Waals surface area contributed by atoms with E-state index < -0.39 is 40.8 Å². The third kappa shape index (κ3) is 5.22. The highest BCUT2D eigenvalue weighted by molar-refractivity contribution is 7.97. The molecule has 0 aliphatic carbocycles. The Morgan fingerprint density at radius 2 is 1.76 bits per heavy atom. The minimum absolute atomic E-state index is 0.00569. The van der Waals surface area contributed by atoms with E-state index in [9.17, 15) is 32.7 Å². The smallest absolute Gasteiger partial charge is 0.416 e. The second-order valence-corrected chi connectivity index (χ2v) is 11.1. The summed E-state index contributed by atoms with van der Waals surface area (Å²) in [4.78, 5) is 39.2. The zero-order valence-electron chi connectivity index (χ0n) is 22.1. The van der Waals surface area contributed by atoms with Crippen LogP contribution in [-0.4, -0.2) is 38.4 Å². The molecule has 41 heavy (non-hydrogen) atoms. The van der Waals surface area contributed by atoms with Gasteiger partial charge in [-0.1, -0.05) is 54.6 Å². The molecule has 1 aliphatic heterocycles. The lowest BCUT2D eigenvalue weighted by atomic mass is 9.89. The Morgan fingerprint density at radius 1 is 1.07 bits per heavy atom. The summed E-state index contributed by atoms with van der Waals surface area (Å²) in [5.74, 6) is -2.40. The van der Waals surface area contributed by atoms with Crippen molar-refractivity contribution in [2.45, 2.75) is 43.6 Å². The largest absolute Gasteiger partial charge is 0.480 e. The second-order valence-electron chi connectivity index (χ2n) is 10.1. The van der Waals surface area contributed by atoms with Crippen LogP contribution in [0.1, 0.15) is 46.9 Å². The van der Waals surface area contributed by atoms with Crippen LogP contribution >= 0.6 is 11.9 Å². The van der Waals surface area contributed by atoms with Gasteiger partial charge < -0.3 is 10.8 Å². The van der Waals surface area contributed by atoms with Gasteiger partial charge >= 0.3 is 12.1 Å². The van der Waals surface area contributed by atoms with Crippen molar-refractivity contribution >= 4 is 34.6 Å². The maximum atomic E-state index is 13.9. The number of aromatic nitrogens is 1. The van der Waals surface area contributed by atoms with Crippen LogP contribution in [0.25, 0.3) is 21.9 Å². The van der Waals surface area contributed by atoms with Gasteiger partial charge in [0.15, 0.2) is 0 Å². The molecule has 0 saturated carbocycles. The molecule has 0 fully saturated rings. The van der Waals surface area contributed by atoms with Gasteiger partial charge in [0.25, 0.3) is 11.5 Å². The first-order valence-corrected chi connectivity index (χ1v) is 13.6. The Bertz CT molecular complexity index is 1740. The number of carboxylic acid groups (broad SMARTS) is 1. The Hall–Kier alpha value is -4.09. The second kappa shape index (κ2) is 10.7. The topological polar surface area (TPSA) is 106 Å². The number of aliphatic carboxylic acids is 1. The van der Waals surface area contributed by atoms with Crippen molar-refractivity contribution in [2.75, 3.05) is 6.54 Å². The minimum Gasteiger partial charge on any atom is -0.480 e. The molecule has 1 aromatic heterocycles. The maximum Gasteiger partial charge on any atom is 0.416 e. The average Bonchev–Trinajstić information content (AvgIpc) is 2.92. The molecule has 0 spiro atoms. The van der Waals surface area contributed by atoms with Crippen LogP contribution in [0.5, 0.6) is 0 Å². The van der Waals surface area contributed by atoms with Gasteiger partial charge in [-0.05, 0) is 71.8 Å². The SMILES string of the molecule is CC(C)N1CC(C(=O)O)n2c(c(-c3cccc(C(F)(F)F)c3)c(Cc3cccc4ccccc34)c(C(N)=O)c2=O)S1. The molecule has 3 N–H and O–H groups in total. The highest BCUT2D eigenvalue weighted by Gasteiger charge is 2.39. The Labute approximate surface area is 237 Å². The molecule has 5 rings (SSSR count). The van der Waals surface area contributed by atoms with E-state index in [1.165, 1.54) is 12.1 Å². The molecule has 212 valence electrons. The lowest BCUT2D eigenvalue weighted by Crippen LogP contribution is -2.46. The van der Waals surface area contributed by atoms with Crippen LogP contribution in [0, 0.1) is 0 Å². The quantitative estimate of drug-likeness (QED) is 0.282. The molecule has 11 heteroatoms. The standard InChI is InChI=1S/C30H26F3N3O4S/c1-16(2)35-15-23(29(39)40)36-27(38)25(26(34)37)22(14-18-9-5-8-17-7-3-4-12-21(17)18)24(28(36)41-35)19-10-6-11-20(13-19)30(31,32)33/h3-13,16,23H,14-15H2,1-2H3,(H2,34,37)(H,39,40). The van der Waals surface area contributed by atoms with E-state index in [1.54, 1.807) is 4.31 Å². The number of carbonyl (C=O) groups is 2. The summed E-state index contributed by atoms with van der Waals surface area (Å²) in [6.07, 6.45) is -4.67. The number of benzene rings is 3. The molecular formula is C30H26F3N3O4S. The predicted octanol–water partition coefficient (Wildman–Crippen LogP) is 5.73. The van der Waals surface area contributed by atoms with Crippen LogP contribution < -0.4 is 11.3 Å². The predicted molar refractivity (Wildman–Crippen MR) is 151 cm³/mol. The molecule has 1 unspecified atom stereocenters. The van der Waals surface area contributed by atoms with Gasteiger partial charge in [-0.15, -0.1) is 0 Å². The molecule has 3 aromatic carbocycles. The number of fused-ring (bicyclic) bond motifs is 2. The number of primary amides is 1. The van der Waals surface area contributed by atoms with E-state index in [0.717, 1.165) is 45.0 Å². The Balaban J connectivity index is 1.91. The van der Waals surface area contributed by atoms with Gasteiger partial charge in [-0.2, -0.15) is 13.2 Å². The van der Waals surface area contributed by atoms with Crippen LogP contribution in [0.2, 0.25) is 0 Å². The number of rotatable bonds is 6. The van der Waals surface area contributed by atoms with Gasteiger partial charge in [0.05, 0.1) is 5.56 Å². The van der Waals surface area contributed by atoms with Crippen molar-refractivity contribution in [3.63, 3.8) is 0 Å². The summed E-state index contributed by atoms with van der Waals surface area (Å²) in [6.45, 7) is 3.63. The Kier molecular flexibility index (Phi) is 7.43. The van der Waals surface area contributed by atoms with Crippen LogP contribution in [0.4, 0.5) is 13.2 Å². The number of hydrogen-bond acceptors (Lipinski definition) is 5. The molecule has 2 heterocycles. The summed E-state index contributed by atoms with van der Waals surface area (Å²) >= 11 is 1.08. The van der Waals surface area contributed by atoms with Gasteiger partial charge in [-0.3, -0.25) is 14.2 Å². The molecule has 0 saturated heterocycles. The molecule has 1 atom stereocenters. The average molecular weight is 582 g/mol. The molecule has 7 nitrogen and oxygen atoms in total. The van der Waals surface area contributed by atoms with Crippen molar-refractivity contribution in [3.05, 3.63) is 99.3 Å². The van der Waals surface area contributed by atoms with Gasteiger partial charge in [-0.25, -0.2) is 9.10 Å². The number of hydrogen-bond donors (Lipinski definition) is 2. The third-order valence-electron chi connectivity index (χ3n) is 7.17. The van der Waals surface area contributed by atoms with Crippen molar-refractivity contribution in [3.8, 4) is 11.1 Å². The first kappa shape index (κ1) is 28.4. The molecule has 0 radical (unpaired) electrons. The maximum absolute atomic E-state index is 13.9. The molecule has 0 bridgehead atoms. The first-order chi connectivity index (χ1) is 19.4. The number of nitrogens with zero attached hydrogens (tertiary/aromatic N) is 2. The summed E-state index contributed by atoms with van der Waals surface area (Å²) in [6, 6.07) is 16.0. The van der Waals surface area contributed by atoms with Crippen LogP contribution in [-0.2, 0) is 17.4 Å². The lowest BCUT2D eigenvalue weighted by Gasteiger charge is -2.37. The summed E-state index contributed by atoms with van der Waals surface area (Å²) < 4.78 is 44.2. The van der Waals surface area contributed by atoms with E-state index in [4.69, 9.17) is 5.73 Å². The number of nitrogens with two attached hydrogens (primary N) is 1. The summed E-state index contributed by atoms with van der Waals surface area (Å²) in [7, 11) is 0. The lowest BCUT2D eigenvalue weighted by molar-refractivity contribution is -0.141. The van der Waals surface area contributed by atoms with Gasteiger partial charge in [0.2, 0.25) is 0 Å². The number of carbonyl (C=O) groups excluding carboxylic acids is 1. The zero-order valence-corrected chi connectivity index (χ0v) is 22.9. The van der Waals surface area contributed by atoms with E-state index in [2.05, 4.69) is 0 Å². The zero-order chi connectivity index (χ0) is 29.6. The Morgan fingerprint density at radius 3 is 2.41 bits per heavy atom. The number of halogens is 3. The van der Waals surface area contributed by atoms with Crippen molar-refractivity contribution in [1.82, 2.24) is 8.87 Å². The summed E-state index contributed by atoms with van der Waals surface area (Å²) in [5, 5.41) is 12.0. The highest BCUT2D eigenvalue weighted by Crippen LogP contribution is 2.44. The third-order valence-corrected chi connectivity index (χ3v) is 8.55. The molecule has 1 aliphatic rings. The summed E-state index contributed by atoms with van der Waals surface area (Å²) in [5.41, 5.74) is 4.62. The number of carboxylic acids is 1. The fraction of sp³-hybridized carbons (Fsp3) is 0.233. The van der Waals surface area contributed by atoms with Gasteiger partial charge in [0.1, 0.15) is 16.6 Å². The monoisotopic (exact) mass is 581 g/mol. The number of amides is 1. The first-order valence-electron chi connectivity index (χ1n) is 12.8. The van der Waals surface area contributed by atoms with Gasteiger partial charge in [0, 0.05) is 18.2 Å². The van der Waals surface area contributed by atoms with E-state index in [-0.39, 0.29) is 40.7 Å².